The lowest BCUT2D eigenvalue weighted by molar-refractivity contribution is -0.394. The van der Waals surface area contributed by atoms with Crippen molar-refractivity contribution in [1.29, 1.82) is 0 Å². The summed E-state index contributed by atoms with van der Waals surface area (Å²) in [5, 5.41) is 21.8. The van der Waals surface area contributed by atoms with E-state index in [9.17, 15) is 25.0 Å². The molecule has 1 atom stereocenters. The number of ether oxygens (including phenoxy) is 2. The number of benzene rings is 2. The molecule has 0 N–H and O–H groups in total. The zero-order valence-electron chi connectivity index (χ0n) is 15.7. The quantitative estimate of drug-likeness (QED) is 0.401. The number of nitro groups is 2. The molecular weight excluding hydrogens is 344 g/mol. The van der Waals surface area contributed by atoms with Gasteiger partial charge >= 0.3 is 5.97 Å². The number of carbonyl (C=O) groups excluding carboxylic acids is 1. The lowest BCUT2D eigenvalue weighted by Gasteiger charge is -2.13. The van der Waals surface area contributed by atoms with Gasteiger partial charge in [0, 0.05) is 12.1 Å². The standard InChI is InChI=1S/C17H16N2O7/c1-12(25-11-13-5-3-2-4-6-13)10-26-17(20)14-7-15(18(21)22)9-16(8-14)19(23)24/h2-9,12H,10-11H2,1H3/t12-/m1/s1/i10D2. The predicted molar refractivity (Wildman–Crippen MR) is 90.7 cm³/mol. The second-order valence-electron chi connectivity index (χ2n) is 5.20. The van der Waals surface area contributed by atoms with Crippen molar-refractivity contribution in [3.8, 4) is 0 Å². The predicted octanol–water partition coefficient (Wildman–Crippen LogP) is 3.27. The Hall–Kier alpha value is -3.33. The second kappa shape index (κ2) is 8.67. The zero-order chi connectivity index (χ0) is 20.9. The lowest BCUT2D eigenvalue weighted by Crippen LogP contribution is -2.19. The Morgan fingerprint density at radius 2 is 1.69 bits per heavy atom. The average molecular weight is 362 g/mol. The van der Waals surface area contributed by atoms with E-state index in [1.165, 1.54) is 6.92 Å². The Morgan fingerprint density at radius 1 is 1.12 bits per heavy atom. The van der Waals surface area contributed by atoms with Crippen molar-refractivity contribution < 1.29 is 26.9 Å². The highest BCUT2D eigenvalue weighted by Gasteiger charge is 2.21. The minimum absolute atomic E-state index is 0.0708. The molecule has 2 aromatic rings. The molecule has 136 valence electrons. The molecule has 0 heterocycles. The molecule has 0 fully saturated rings. The van der Waals surface area contributed by atoms with Gasteiger partial charge in [0.2, 0.25) is 0 Å². The molecule has 0 bridgehead atoms. The molecule has 26 heavy (non-hydrogen) atoms. The Morgan fingerprint density at radius 3 is 2.23 bits per heavy atom. The van der Waals surface area contributed by atoms with E-state index < -0.39 is 45.4 Å². The number of non-ortho nitro benzene ring substituents is 2. The van der Waals surface area contributed by atoms with E-state index in [0.717, 1.165) is 17.7 Å². The molecule has 0 aliphatic heterocycles. The van der Waals surface area contributed by atoms with Crippen molar-refractivity contribution in [2.75, 3.05) is 6.56 Å². The van der Waals surface area contributed by atoms with E-state index in [1.807, 2.05) is 6.07 Å². The highest BCUT2D eigenvalue weighted by atomic mass is 16.6. The topological polar surface area (TPSA) is 122 Å². The summed E-state index contributed by atoms with van der Waals surface area (Å²) in [7, 11) is 0. The number of nitro benzene ring substituents is 2. The molecule has 2 aromatic carbocycles. The van der Waals surface area contributed by atoms with Crippen LogP contribution in [0.3, 0.4) is 0 Å². The van der Waals surface area contributed by atoms with E-state index in [-0.39, 0.29) is 6.61 Å². The summed E-state index contributed by atoms with van der Waals surface area (Å²) in [6.07, 6.45) is -1.18. The van der Waals surface area contributed by atoms with Crippen LogP contribution in [0.15, 0.2) is 48.5 Å². The third kappa shape index (κ3) is 5.35. The molecule has 0 amide bonds. The first-order valence-electron chi connectivity index (χ1n) is 8.43. The van der Waals surface area contributed by atoms with Gasteiger partial charge in [-0.2, -0.15) is 0 Å². The van der Waals surface area contributed by atoms with Crippen LogP contribution in [0.25, 0.3) is 0 Å². The third-order valence-electron chi connectivity index (χ3n) is 3.22. The smallest absolute Gasteiger partial charge is 0.338 e. The molecule has 0 aromatic heterocycles. The number of carbonyl (C=O) groups is 1. The molecule has 0 saturated heterocycles. The van der Waals surface area contributed by atoms with Gasteiger partial charge in [-0.1, -0.05) is 30.3 Å². The molecule has 0 saturated carbocycles. The highest BCUT2D eigenvalue weighted by Crippen LogP contribution is 2.23. The first-order chi connectivity index (χ1) is 13.1. The summed E-state index contributed by atoms with van der Waals surface area (Å²) in [4.78, 5) is 32.2. The summed E-state index contributed by atoms with van der Waals surface area (Å²) in [5.74, 6) is -1.29. The van der Waals surface area contributed by atoms with E-state index in [1.54, 1.807) is 24.3 Å². The number of rotatable bonds is 8. The highest BCUT2D eigenvalue weighted by molar-refractivity contribution is 5.91. The third-order valence-corrected chi connectivity index (χ3v) is 3.22. The van der Waals surface area contributed by atoms with Crippen molar-refractivity contribution >= 4 is 17.3 Å². The van der Waals surface area contributed by atoms with Crippen molar-refractivity contribution in [2.24, 2.45) is 0 Å². The van der Waals surface area contributed by atoms with Crippen LogP contribution >= 0.6 is 0 Å². The van der Waals surface area contributed by atoms with Crippen molar-refractivity contribution in [3.63, 3.8) is 0 Å². The summed E-state index contributed by atoms with van der Waals surface area (Å²) in [6.45, 7) is -1.15. The molecule has 0 aliphatic rings. The minimum Gasteiger partial charge on any atom is -0.459 e. The van der Waals surface area contributed by atoms with Gasteiger partial charge in [-0.3, -0.25) is 20.2 Å². The molecule has 0 radical (unpaired) electrons. The molecule has 9 heteroatoms. The van der Waals surface area contributed by atoms with Crippen LogP contribution in [0, 0.1) is 20.2 Å². The largest absolute Gasteiger partial charge is 0.459 e. The maximum absolute atomic E-state index is 12.2. The number of hydrogen-bond donors (Lipinski definition) is 0. The van der Waals surface area contributed by atoms with Crippen LogP contribution in [0.4, 0.5) is 11.4 Å². The normalized spacial score (nSPS) is 13.3. The van der Waals surface area contributed by atoms with Gasteiger partial charge in [0.25, 0.3) is 11.4 Å². The van der Waals surface area contributed by atoms with Gasteiger partial charge in [-0.25, -0.2) is 4.79 Å². The molecule has 0 spiro atoms. The Bertz CT molecular complexity index is 858. The van der Waals surface area contributed by atoms with Gasteiger partial charge in [-0.15, -0.1) is 0 Å². The van der Waals surface area contributed by atoms with Crippen LogP contribution in [-0.4, -0.2) is 28.5 Å². The maximum atomic E-state index is 12.2. The molecule has 0 unspecified atom stereocenters. The summed E-state index contributed by atoms with van der Waals surface area (Å²) in [6, 6.07) is 11.2. The first-order valence-corrected chi connectivity index (χ1v) is 7.43. The van der Waals surface area contributed by atoms with Crippen molar-refractivity contribution in [2.45, 2.75) is 19.6 Å². The van der Waals surface area contributed by atoms with Gasteiger partial charge < -0.3 is 9.47 Å². The van der Waals surface area contributed by atoms with Gasteiger partial charge in [0.05, 0.1) is 36.9 Å². The molecule has 2 rings (SSSR count). The van der Waals surface area contributed by atoms with E-state index in [0.29, 0.717) is 6.07 Å². The average Bonchev–Trinajstić information content (AvgIpc) is 2.66. The maximum Gasteiger partial charge on any atom is 0.338 e. The minimum atomic E-state index is -2.58. The zero-order valence-corrected chi connectivity index (χ0v) is 13.7. The van der Waals surface area contributed by atoms with E-state index >= 15 is 0 Å². The Labute approximate surface area is 151 Å². The van der Waals surface area contributed by atoms with Crippen LogP contribution in [0.2, 0.25) is 0 Å². The van der Waals surface area contributed by atoms with Gasteiger partial charge in [0.15, 0.2) is 0 Å². The molecular formula is C17H16N2O7. The van der Waals surface area contributed by atoms with Crippen LogP contribution in [0.1, 0.15) is 25.6 Å². The number of esters is 1. The number of nitrogens with zero attached hydrogens (tertiary/aromatic N) is 2. The summed E-state index contributed by atoms with van der Waals surface area (Å²) < 4.78 is 25.9. The molecule has 9 nitrogen and oxygen atoms in total. The number of hydrogen-bond acceptors (Lipinski definition) is 7. The van der Waals surface area contributed by atoms with Crippen LogP contribution in [-0.2, 0) is 16.1 Å². The van der Waals surface area contributed by atoms with E-state index in [2.05, 4.69) is 0 Å². The lowest BCUT2D eigenvalue weighted by atomic mass is 10.2. The Balaban J connectivity index is 2.13. The fourth-order valence-electron chi connectivity index (χ4n) is 1.95. The first kappa shape index (κ1) is 16.2. The van der Waals surface area contributed by atoms with Crippen molar-refractivity contribution in [3.05, 3.63) is 79.9 Å². The van der Waals surface area contributed by atoms with Crippen LogP contribution in [0.5, 0.6) is 0 Å². The molecule has 0 aliphatic carbocycles. The summed E-state index contributed by atoms with van der Waals surface area (Å²) >= 11 is 0. The monoisotopic (exact) mass is 362 g/mol. The fraction of sp³-hybridized carbons (Fsp3) is 0.235. The fourth-order valence-corrected chi connectivity index (χ4v) is 1.95. The van der Waals surface area contributed by atoms with Gasteiger partial charge in [-0.05, 0) is 12.5 Å². The summed E-state index contributed by atoms with van der Waals surface area (Å²) in [5.41, 5.74) is -1.10. The SMILES string of the molecule is [2H]C([2H])(OC(=O)c1cc([N+](=O)[O-])cc([N+](=O)[O-])c1)[C@@H](C)OCc1ccccc1. The van der Waals surface area contributed by atoms with Gasteiger partial charge in [0.1, 0.15) is 6.56 Å². The van der Waals surface area contributed by atoms with Crippen molar-refractivity contribution in [1.82, 2.24) is 0 Å². The van der Waals surface area contributed by atoms with Crippen LogP contribution < -0.4 is 0 Å². The van der Waals surface area contributed by atoms with E-state index in [4.69, 9.17) is 12.2 Å². The second-order valence-corrected chi connectivity index (χ2v) is 5.20. The Kier molecular flexibility index (Phi) is 5.39.